The van der Waals surface area contributed by atoms with Gasteiger partial charge >= 0.3 is 19.5 Å². The number of amides is 2. The van der Waals surface area contributed by atoms with Gasteiger partial charge in [0.25, 0.3) is 0 Å². The van der Waals surface area contributed by atoms with Crippen molar-refractivity contribution in [3.05, 3.63) is 69.7 Å². The zero-order chi connectivity index (χ0) is 34.3. The molecule has 2 aromatic rings. The molecule has 3 heterocycles. The monoisotopic (exact) mass is 667 g/mol. The van der Waals surface area contributed by atoms with Gasteiger partial charge in [0.1, 0.15) is 18.1 Å². The van der Waals surface area contributed by atoms with Crippen LogP contribution in [0.4, 0.5) is 32.0 Å². The molecular weight excluding hydrogens is 631 g/mol. The third kappa shape index (κ3) is 7.24. The average Bonchev–Trinajstić information content (AvgIpc) is 3.55. The van der Waals surface area contributed by atoms with E-state index < -0.39 is 72.0 Å². The van der Waals surface area contributed by atoms with Gasteiger partial charge in [0.05, 0.1) is 34.8 Å². The number of carbonyl (C=O) groups is 2. The predicted molar refractivity (Wildman–Crippen MR) is 160 cm³/mol. The van der Waals surface area contributed by atoms with Gasteiger partial charge in [-0.3, -0.25) is 9.59 Å². The van der Waals surface area contributed by atoms with Gasteiger partial charge in [0, 0.05) is 0 Å². The fraction of sp³-hybridized carbons (Fsp3) is 0.515. The van der Waals surface area contributed by atoms with E-state index >= 15 is 0 Å². The topological polar surface area (TPSA) is 100 Å². The van der Waals surface area contributed by atoms with Crippen LogP contribution in [-0.4, -0.2) is 35.2 Å². The van der Waals surface area contributed by atoms with Gasteiger partial charge in [-0.1, -0.05) is 37.8 Å². The standard InChI is InChI=1S/C33H36BF6NO6/c1-3-5-18(11-23-8-9-24(17-42)46-23)7-10-27-28-19(6-4-2)12-25-29(26(28)16-34(45)47-27)31(44)41(30(25)43)22-14-20(32(35,36)37)13-21(15-22)33(38,39)40/h8-9,11,13-15,25-27,29,42,45H,3-7,10,12,16-17H2,1-2H3/b18-11+/t25-,26+,27-,29-/m1/s1. The molecule has 14 heteroatoms. The molecule has 0 radical (unpaired) electrons. The van der Waals surface area contributed by atoms with E-state index in [1.54, 1.807) is 12.1 Å². The smallest absolute Gasteiger partial charge is 0.455 e. The van der Waals surface area contributed by atoms with Crippen molar-refractivity contribution < 1.29 is 55.1 Å². The van der Waals surface area contributed by atoms with Crippen molar-refractivity contribution >= 4 is 30.7 Å². The van der Waals surface area contributed by atoms with E-state index in [9.17, 15) is 46.1 Å². The summed E-state index contributed by atoms with van der Waals surface area (Å²) in [5.74, 6) is -3.51. The first-order chi connectivity index (χ1) is 22.2. The molecule has 254 valence electrons. The third-order valence-electron chi connectivity index (χ3n) is 9.17. The molecule has 2 amide bonds. The fourth-order valence-electron chi connectivity index (χ4n) is 7.29. The number of halogens is 6. The molecule has 0 spiro atoms. The molecule has 47 heavy (non-hydrogen) atoms. The maximum absolute atomic E-state index is 13.9. The van der Waals surface area contributed by atoms with Crippen LogP contribution in [0.1, 0.15) is 81.4 Å². The van der Waals surface area contributed by atoms with Crippen molar-refractivity contribution in [3.8, 4) is 0 Å². The van der Waals surface area contributed by atoms with E-state index in [0.717, 1.165) is 29.6 Å². The summed E-state index contributed by atoms with van der Waals surface area (Å²) in [5.41, 5.74) is -1.36. The number of aliphatic hydroxyl groups excluding tert-OH is 1. The number of hydrogen-bond acceptors (Lipinski definition) is 6. The van der Waals surface area contributed by atoms with E-state index in [0.29, 0.717) is 54.2 Å². The van der Waals surface area contributed by atoms with E-state index in [1.807, 2.05) is 19.9 Å². The summed E-state index contributed by atoms with van der Waals surface area (Å²) in [5, 5.41) is 20.2. The Morgan fingerprint density at radius 2 is 1.66 bits per heavy atom. The summed E-state index contributed by atoms with van der Waals surface area (Å²) in [4.78, 5) is 28.2. The summed E-state index contributed by atoms with van der Waals surface area (Å²) in [7, 11) is -1.30. The molecular formula is C33H36BF6NO6. The van der Waals surface area contributed by atoms with Crippen LogP contribution in [0.2, 0.25) is 6.32 Å². The maximum atomic E-state index is 13.9. The highest BCUT2D eigenvalue weighted by atomic mass is 19.4. The highest BCUT2D eigenvalue weighted by Crippen LogP contribution is 2.52. The number of fused-ring (bicyclic) bond motifs is 3. The SMILES string of the molecule is CCCC1=C2[C@@H](CC/C(=C/c3ccc(CO)o3)CCC)OB(O)C[C@@H]2[C@@H]2C(=O)N(c3cc(C(F)(F)F)cc(C(F)(F)F)c3)C(=O)[C@@H]2C1. The van der Waals surface area contributed by atoms with Gasteiger partial charge in [-0.05, 0) is 86.3 Å². The number of nitrogens with zero attached hydrogens (tertiary/aromatic N) is 1. The number of aliphatic hydroxyl groups is 1. The number of allylic oxidation sites excluding steroid dienone is 2. The van der Waals surface area contributed by atoms with Crippen molar-refractivity contribution in [3.63, 3.8) is 0 Å². The van der Waals surface area contributed by atoms with Gasteiger partial charge in [-0.25, -0.2) is 4.90 Å². The molecule has 0 bridgehead atoms. The average molecular weight is 667 g/mol. The molecule has 7 nitrogen and oxygen atoms in total. The van der Waals surface area contributed by atoms with Crippen LogP contribution in [0.3, 0.4) is 0 Å². The number of anilines is 1. The Morgan fingerprint density at radius 3 is 2.23 bits per heavy atom. The summed E-state index contributed by atoms with van der Waals surface area (Å²) in [6.45, 7) is 3.72. The molecule has 5 rings (SSSR count). The quantitative estimate of drug-likeness (QED) is 0.117. The van der Waals surface area contributed by atoms with Crippen molar-refractivity contribution in [2.45, 2.75) is 90.2 Å². The predicted octanol–water partition coefficient (Wildman–Crippen LogP) is 7.57. The lowest BCUT2D eigenvalue weighted by atomic mass is 9.58. The van der Waals surface area contributed by atoms with Gasteiger partial charge < -0.3 is 19.2 Å². The first kappa shape index (κ1) is 35.0. The number of benzene rings is 1. The minimum atomic E-state index is -5.15. The van der Waals surface area contributed by atoms with Crippen molar-refractivity contribution in [2.75, 3.05) is 4.90 Å². The maximum Gasteiger partial charge on any atom is 0.455 e. The summed E-state index contributed by atoms with van der Waals surface area (Å²) < 4.78 is 93.5. The summed E-state index contributed by atoms with van der Waals surface area (Å²) >= 11 is 0. The van der Waals surface area contributed by atoms with Gasteiger partial charge in [0.2, 0.25) is 11.8 Å². The Morgan fingerprint density at radius 1 is 0.979 bits per heavy atom. The van der Waals surface area contributed by atoms with E-state index in [1.165, 1.54) is 0 Å². The van der Waals surface area contributed by atoms with Gasteiger partial charge in [0.15, 0.2) is 0 Å². The third-order valence-corrected chi connectivity index (χ3v) is 9.17. The first-order valence-corrected chi connectivity index (χ1v) is 15.8. The lowest BCUT2D eigenvalue weighted by molar-refractivity contribution is -0.143. The van der Waals surface area contributed by atoms with Crippen LogP contribution >= 0.6 is 0 Å². The number of rotatable bonds is 10. The summed E-state index contributed by atoms with van der Waals surface area (Å²) in [6.07, 6.45) is -5.23. The van der Waals surface area contributed by atoms with Crippen molar-refractivity contribution in [1.29, 1.82) is 0 Å². The minimum absolute atomic E-state index is 0.0430. The fourth-order valence-corrected chi connectivity index (χ4v) is 7.29. The number of carbonyl (C=O) groups excluding carboxylic acids is 2. The molecule has 3 aliphatic rings. The Balaban J connectivity index is 1.48. The zero-order valence-electron chi connectivity index (χ0n) is 26.0. The Labute approximate surface area is 268 Å². The second kappa shape index (κ2) is 13.6. The Bertz CT molecular complexity index is 1530. The van der Waals surface area contributed by atoms with E-state index in [4.69, 9.17) is 9.07 Å². The molecule has 1 aromatic heterocycles. The number of imide groups is 1. The van der Waals surface area contributed by atoms with E-state index in [2.05, 4.69) is 0 Å². The van der Waals surface area contributed by atoms with Crippen molar-refractivity contribution in [1.82, 2.24) is 0 Å². The van der Waals surface area contributed by atoms with Crippen LogP contribution in [-0.2, 0) is 33.2 Å². The van der Waals surface area contributed by atoms with Gasteiger partial charge in [-0.15, -0.1) is 0 Å². The van der Waals surface area contributed by atoms with Crippen LogP contribution < -0.4 is 4.90 Å². The summed E-state index contributed by atoms with van der Waals surface area (Å²) in [6, 6.07) is 4.18. The normalized spacial score (nSPS) is 23.9. The lowest BCUT2D eigenvalue weighted by Crippen LogP contribution is -2.46. The molecule has 1 aromatic carbocycles. The van der Waals surface area contributed by atoms with Crippen molar-refractivity contribution in [2.24, 2.45) is 17.8 Å². The molecule has 2 saturated heterocycles. The number of hydrogen-bond donors (Lipinski definition) is 2. The molecule has 1 aliphatic carbocycles. The molecule has 2 fully saturated rings. The van der Waals surface area contributed by atoms with Crippen LogP contribution in [0.25, 0.3) is 6.08 Å². The van der Waals surface area contributed by atoms with Crippen LogP contribution in [0.5, 0.6) is 0 Å². The highest BCUT2D eigenvalue weighted by molar-refractivity contribution is 6.43. The van der Waals surface area contributed by atoms with E-state index in [-0.39, 0.29) is 25.4 Å². The minimum Gasteiger partial charge on any atom is -0.459 e. The number of alkyl halides is 6. The lowest BCUT2D eigenvalue weighted by Gasteiger charge is -2.43. The molecule has 2 aliphatic heterocycles. The van der Waals surface area contributed by atoms with Gasteiger partial charge in [-0.2, -0.15) is 26.3 Å². The van der Waals surface area contributed by atoms with Crippen LogP contribution in [0.15, 0.2) is 51.5 Å². The molecule has 2 N–H and O–H groups in total. The molecule has 0 unspecified atom stereocenters. The molecule has 4 atom stereocenters. The second-order valence-electron chi connectivity index (χ2n) is 12.4. The number of furan rings is 1. The molecule has 0 saturated carbocycles. The second-order valence-corrected chi connectivity index (χ2v) is 12.4. The van der Waals surface area contributed by atoms with Crippen LogP contribution in [0, 0.1) is 17.8 Å². The first-order valence-electron chi connectivity index (χ1n) is 15.8. The Hall–Kier alpha value is -3.36. The largest absolute Gasteiger partial charge is 0.459 e. The zero-order valence-corrected chi connectivity index (χ0v) is 26.0. The highest BCUT2D eigenvalue weighted by Gasteiger charge is 2.58. The Kier molecular flexibility index (Phi) is 10.1.